The molecule has 2 aromatic rings. The molecule has 114 valence electrons. The van der Waals surface area contributed by atoms with Gasteiger partial charge in [0.1, 0.15) is 11.6 Å². The number of halogens is 1. The lowest BCUT2D eigenvalue weighted by molar-refractivity contribution is -0.112. The molecule has 0 aliphatic rings. The molecule has 0 aliphatic heterocycles. The maximum absolute atomic E-state index is 13.7. The molecular formula is C19H19FO2. The van der Waals surface area contributed by atoms with Gasteiger partial charge in [-0.25, -0.2) is 4.39 Å². The minimum Gasteiger partial charge on any atom is -0.496 e. The van der Waals surface area contributed by atoms with E-state index >= 15 is 0 Å². The Morgan fingerprint density at radius 2 is 1.82 bits per heavy atom. The van der Waals surface area contributed by atoms with Gasteiger partial charge in [-0.15, -0.1) is 0 Å². The monoisotopic (exact) mass is 298 g/mol. The Bertz CT molecular complexity index is 745. The molecule has 0 aromatic heterocycles. The highest BCUT2D eigenvalue weighted by atomic mass is 19.1. The third-order valence-corrected chi connectivity index (χ3v) is 3.47. The SMILES string of the molecule is COc1ccc(F)cc1/C(=C/C(C)=O)c1ccc(C)cc1C. The Hall–Kier alpha value is -2.42. The van der Waals surface area contributed by atoms with Crippen LogP contribution in [-0.4, -0.2) is 12.9 Å². The molecule has 0 N–H and O–H groups in total. The van der Waals surface area contributed by atoms with E-state index in [0.29, 0.717) is 16.9 Å². The van der Waals surface area contributed by atoms with Crippen LogP contribution in [0.1, 0.15) is 29.2 Å². The van der Waals surface area contributed by atoms with Crippen LogP contribution in [0.3, 0.4) is 0 Å². The third kappa shape index (κ3) is 3.42. The summed E-state index contributed by atoms with van der Waals surface area (Å²) in [6.07, 6.45) is 1.52. The van der Waals surface area contributed by atoms with Gasteiger partial charge in [0, 0.05) is 5.56 Å². The molecule has 2 nitrogen and oxygen atoms in total. The maximum Gasteiger partial charge on any atom is 0.153 e. The average molecular weight is 298 g/mol. The number of carbonyl (C=O) groups excluding carboxylic acids is 1. The predicted octanol–water partition coefficient (Wildman–Crippen LogP) is 4.47. The third-order valence-electron chi connectivity index (χ3n) is 3.47. The summed E-state index contributed by atoms with van der Waals surface area (Å²) < 4.78 is 19.0. The fourth-order valence-electron chi connectivity index (χ4n) is 2.51. The van der Waals surface area contributed by atoms with E-state index in [1.807, 2.05) is 32.0 Å². The van der Waals surface area contributed by atoms with Crippen LogP contribution in [0.5, 0.6) is 5.75 Å². The smallest absolute Gasteiger partial charge is 0.153 e. The number of hydrogen-bond acceptors (Lipinski definition) is 2. The molecule has 0 radical (unpaired) electrons. The van der Waals surface area contributed by atoms with Crippen molar-refractivity contribution in [2.75, 3.05) is 7.11 Å². The van der Waals surface area contributed by atoms with Crippen LogP contribution in [0.25, 0.3) is 5.57 Å². The minimum atomic E-state index is -0.366. The number of allylic oxidation sites excluding steroid dienone is 1. The molecular weight excluding hydrogens is 279 g/mol. The summed E-state index contributed by atoms with van der Waals surface area (Å²) in [5.41, 5.74) is 4.30. The molecule has 0 saturated heterocycles. The van der Waals surface area contributed by atoms with Gasteiger partial charge in [0.2, 0.25) is 0 Å². The van der Waals surface area contributed by atoms with Crippen LogP contribution in [0, 0.1) is 19.7 Å². The van der Waals surface area contributed by atoms with E-state index < -0.39 is 0 Å². The van der Waals surface area contributed by atoms with Gasteiger partial charge in [0.25, 0.3) is 0 Å². The second-order valence-corrected chi connectivity index (χ2v) is 5.33. The summed E-state index contributed by atoms with van der Waals surface area (Å²) in [4.78, 5) is 11.7. The Balaban J connectivity index is 2.72. The molecule has 0 unspecified atom stereocenters. The lowest BCUT2D eigenvalue weighted by Gasteiger charge is -2.15. The number of benzene rings is 2. The van der Waals surface area contributed by atoms with Gasteiger partial charge in [-0.2, -0.15) is 0 Å². The molecule has 0 spiro atoms. The highest BCUT2D eigenvalue weighted by molar-refractivity contribution is 6.00. The van der Waals surface area contributed by atoms with Crippen molar-refractivity contribution in [1.82, 2.24) is 0 Å². The number of hydrogen-bond donors (Lipinski definition) is 0. The predicted molar refractivity (Wildman–Crippen MR) is 86.6 cm³/mol. The van der Waals surface area contributed by atoms with Crippen LogP contribution < -0.4 is 4.74 Å². The Morgan fingerprint density at radius 3 is 2.41 bits per heavy atom. The lowest BCUT2D eigenvalue weighted by atomic mass is 9.92. The zero-order chi connectivity index (χ0) is 16.3. The number of rotatable bonds is 4. The first-order chi connectivity index (χ1) is 10.4. The standard InChI is InChI=1S/C19H19FO2/c1-12-5-7-16(13(2)9-12)17(10-14(3)21)18-11-15(20)6-8-19(18)22-4/h5-11H,1-4H3/b17-10+. The zero-order valence-electron chi connectivity index (χ0n) is 13.2. The molecule has 2 aromatic carbocycles. The van der Waals surface area contributed by atoms with E-state index in [2.05, 4.69) is 0 Å². The Morgan fingerprint density at radius 1 is 1.09 bits per heavy atom. The highest BCUT2D eigenvalue weighted by Gasteiger charge is 2.15. The van der Waals surface area contributed by atoms with Crippen molar-refractivity contribution in [2.24, 2.45) is 0 Å². The Labute approximate surface area is 130 Å². The summed E-state index contributed by atoms with van der Waals surface area (Å²) in [6, 6.07) is 10.3. The van der Waals surface area contributed by atoms with E-state index in [-0.39, 0.29) is 11.6 Å². The fraction of sp³-hybridized carbons (Fsp3) is 0.211. The number of ether oxygens (including phenoxy) is 1. The number of ketones is 1. The number of carbonyl (C=O) groups is 1. The topological polar surface area (TPSA) is 26.3 Å². The largest absolute Gasteiger partial charge is 0.496 e. The molecule has 0 atom stereocenters. The molecule has 0 bridgehead atoms. The first kappa shape index (κ1) is 16.0. The molecule has 0 heterocycles. The number of methoxy groups -OCH3 is 1. The van der Waals surface area contributed by atoms with Gasteiger partial charge in [-0.05, 0) is 61.7 Å². The second-order valence-electron chi connectivity index (χ2n) is 5.33. The first-order valence-corrected chi connectivity index (χ1v) is 7.06. The summed E-state index contributed by atoms with van der Waals surface area (Å²) >= 11 is 0. The van der Waals surface area contributed by atoms with Crippen LogP contribution in [0.15, 0.2) is 42.5 Å². The van der Waals surface area contributed by atoms with E-state index in [4.69, 9.17) is 4.74 Å². The van der Waals surface area contributed by atoms with Crippen LogP contribution >= 0.6 is 0 Å². The van der Waals surface area contributed by atoms with Gasteiger partial charge < -0.3 is 4.74 Å². The maximum atomic E-state index is 13.7. The summed E-state index contributed by atoms with van der Waals surface area (Å²) in [6.45, 7) is 5.46. The van der Waals surface area contributed by atoms with Crippen molar-refractivity contribution in [2.45, 2.75) is 20.8 Å². The highest BCUT2D eigenvalue weighted by Crippen LogP contribution is 2.33. The number of aryl methyl sites for hydroxylation is 2. The van der Waals surface area contributed by atoms with E-state index in [9.17, 15) is 9.18 Å². The summed E-state index contributed by atoms with van der Waals surface area (Å²) in [5, 5.41) is 0. The molecule has 0 amide bonds. The van der Waals surface area contributed by atoms with Crippen molar-refractivity contribution in [3.63, 3.8) is 0 Å². The van der Waals surface area contributed by atoms with Crippen LogP contribution in [-0.2, 0) is 4.79 Å². The molecule has 22 heavy (non-hydrogen) atoms. The molecule has 0 fully saturated rings. The van der Waals surface area contributed by atoms with Crippen molar-refractivity contribution >= 4 is 11.4 Å². The quantitative estimate of drug-likeness (QED) is 0.778. The van der Waals surface area contributed by atoms with Crippen molar-refractivity contribution in [3.05, 3.63) is 70.5 Å². The van der Waals surface area contributed by atoms with Crippen molar-refractivity contribution in [1.29, 1.82) is 0 Å². The lowest BCUT2D eigenvalue weighted by Crippen LogP contribution is -1.99. The van der Waals surface area contributed by atoms with Crippen molar-refractivity contribution < 1.29 is 13.9 Å². The molecule has 3 heteroatoms. The van der Waals surface area contributed by atoms with E-state index in [1.54, 1.807) is 6.07 Å². The van der Waals surface area contributed by atoms with Gasteiger partial charge in [0.15, 0.2) is 5.78 Å². The molecule has 0 saturated carbocycles. The average Bonchev–Trinajstić information content (AvgIpc) is 2.45. The normalized spacial score (nSPS) is 11.4. The van der Waals surface area contributed by atoms with Gasteiger partial charge in [0.05, 0.1) is 7.11 Å². The molecule has 0 aliphatic carbocycles. The van der Waals surface area contributed by atoms with Gasteiger partial charge >= 0.3 is 0 Å². The van der Waals surface area contributed by atoms with Gasteiger partial charge in [-0.3, -0.25) is 4.79 Å². The van der Waals surface area contributed by atoms with Crippen LogP contribution in [0.4, 0.5) is 4.39 Å². The summed E-state index contributed by atoms with van der Waals surface area (Å²) in [7, 11) is 1.53. The van der Waals surface area contributed by atoms with Gasteiger partial charge in [-0.1, -0.05) is 23.8 Å². The van der Waals surface area contributed by atoms with Crippen LogP contribution in [0.2, 0.25) is 0 Å². The second kappa shape index (κ2) is 6.56. The fourth-order valence-corrected chi connectivity index (χ4v) is 2.51. The van der Waals surface area contributed by atoms with E-state index in [1.165, 1.54) is 32.2 Å². The molecule has 2 rings (SSSR count). The summed E-state index contributed by atoms with van der Waals surface area (Å²) in [5.74, 6) is 0.0742. The minimum absolute atomic E-state index is 0.0960. The first-order valence-electron chi connectivity index (χ1n) is 7.06. The zero-order valence-corrected chi connectivity index (χ0v) is 13.2. The van der Waals surface area contributed by atoms with E-state index in [0.717, 1.165) is 16.7 Å². The Kier molecular flexibility index (Phi) is 4.76. The van der Waals surface area contributed by atoms with Crippen molar-refractivity contribution in [3.8, 4) is 5.75 Å².